The first-order chi connectivity index (χ1) is 10.1. The Bertz CT molecular complexity index is 765. The number of aromatic nitrogens is 2. The highest BCUT2D eigenvalue weighted by molar-refractivity contribution is 5.59. The maximum atomic E-state index is 13.3. The Morgan fingerprint density at radius 1 is 1.14 bits per heavy atom. The second-order valence-corrected chi connectivity index (χ2v) is 4.89. The Balaban J connectivity index is 1.86. The van der Waals surface area contributed by atoms with Gasteiger partial charge in [-0.15, -0.1) is 0 Å². The first-order valence-electron chi connectivity index (χ1n) is 6.55. The number of nitrogen functional groups attached to an aromatic ring is 1. The Kier molecular flexibility index (Phi) is 3.39. The minimum absolute atomic E-state index is 0.319. The van der Waals surface area contributed by atoms with Crippen LogP contribution in [0.4, 0.5) is 10.1 Å². The van der Waals surface area contributed by atoms with E-state index in [0.29, 0.717) is 29.4 Å². The first-order valence-corrected chi connectivity index (χ1v) is 6.55. The van der Waals surface area contributed by atoms with Gasteiger partial charge in [-0.05, 0) is 42.3 Å². The van der Waals surface area contributed by atoms with E-state index in [2.05, 4.69) is 10.1 Å². The molecular formula is C16H14FN3O. The van der Waals surface area contributed by atoms with Crippen molar-refractivity contribution in [2.45, 2.75) is 13.3 Å². The molecule has 5 heteroatoms. The van der Waals surface area contributed by atoms with Crippen molar-refractivity contribution in [2.24, 2.45) is 0 Å². The number of anilines is 1. The molecule has 1 aromatic heterocycles. The molecular weight excluding hydrogens is 269 g/mol. The van der Waals surface area contributed by atoms with E-state index in [1.807, 2.05) is 31.2 Å². The lowest BCUT2D eigenvalue weighted by molar-refractivity contribution is 0.385. The molecule has 0 radical (unpaired) electrons. The lowest BCUT2D eigenvalue weighted by Crippen LogP contribution is -1.91. The van der Waals surface area contributed by atoms with E-state index < -0.39 is 0 Å². The fourth-order valence-corrected chi connectivity index (χ4v) is 2.08. The van der Waals surface area contributed by atoms with E-state index in [4.69, 9.17) is 10.3 Å². The monoisotopic (exact) mass is 283 g/mol. The van der Waals surface area contributed by atoms with E-state index >= 15 is 0 Å². The van der Waals surface area contributed by atoms with Crippen molar-refractivity contribution in [3.63, 3.8) is 0 Å². The average Bonchev–Trinajstić information content (AvgIpc) is 2.92. The fraction of sp³-hybridized carbons (Fsp3) is 0.125. The van der Waals surface area contributed by atoms with Gasteiger partial charge < -0.3 is 10.3 Å². The van der Waals surface area contributed by atoms with Crippen LogP contribution < -0.4 is 5.73 Å². The number of rotatable bonds is 3. The van der Waals surface area contributed by atoms with Crippen molar-refractivity contribution in [1.29, 1.82) is 0 Å². The highest BCUT2D eigenvalue weighted by atomic mass is 19.1. The summed E-state index contributed by atoms with van der Waals surface area (Å²) < 4.78 is 18.6. The molecule has 0 saturated carbocycles. The quantitative estimate of drug-likeness (QED) is 0.748. The number of halogens is 1. The smallest absolute Gasteiger partial charge is 0.231 e. The number of aryl methyl sites for hydroxylation is 1. The predicted octanol–water partition coefficient (Wildman–Crippen LogP) is 3.36. The molecule has 0 aliphatic rings. The van der Waals surface area contributed by atoms with Gasteiger partial charge in [0.15, 0.2) is 0 Å². The zero-order valence-corrected chi connectivity index (χ0v) is 11.5. The maximum Gasteiger partial charge on any atom is 0.231 e. The summed E-state index contributed by atoms with van der Waals surface area (Å²) in [4.78, 5) is 4.32. The average molecular weight is 283 g/mol. The summed E-state index contributed by atoms with van der Waals surface area (Å²) in [5.41, 5.74) is 8.92. The molecule has 3 aromatic rings. The summed E-state index contributed by atoms with van der Waals surface area (Å²) in [6.45, 7) is 1.88. The molecule has 0 spiro atoms. The van der Waals surface area contributed by atoms with Crippen LogP contribution >= 0.6 is 0 Å². The molecule has 21 heavy (non-hydrogen) atoms. The second-order valence-electron chi connectivity index (χ2n) is 4.89. The third kappa shape index (κ3) is 2.91. The zero-order valence-electron chi connectivity index (χ0n) is 11.5. The van der Waals surface area contributed by atoms with Crippen LogP contribution in [0.1, 0.15) is 17.0 Å². The van der Waals surface area contributed by atoms with Crippen molar-refractivity contribution >= 4 is 5.69 Å². The molecule has 3 rings (SSSR count). The summed E-state index contributed by atoms with van der Waals surface area (Å²) in [6, 6.07) is 12.0. The Labute approximate surface area is 121 Å². The molecule has 4 nitrogen and oxygen atoms in total. The minimum Gasteiger partial charge on any atom is -0.399 e. The summed E-state index contributed by atoms with van der Waals surface area (Å²) in [5.74, 6) is 0.566. The van der Waals surface area contributed by atoms with E-state index in [0.717, 1.165) is 11.1 Å². The first kappa shape index (κ1) is 13.3. The van der Waals surface area contributed by atoms with Crippen LogP contribution in [-0.2, 0) is 6.42 Å². The van der Waals surface area contributed by atoms with E-state index in [1.165, 1.54) is 12.1 Å². The number of benzene rings is 2. The zero-order chi connectivity index (χ0) is 14.8. The number of nitrogens with zero attached hydrogens (tertiary/aromatic N) is 2. The third-order valence-electron chi connectivity index (χ3n) is 3.24. The van der Waals surface area contributed by atoms with Crippen LogP contribution in [0.3, 0.4) is 0 Å². The van der Waals surface area contributed by atoms with Crippen molar-refractivity contribution in [3.8, 4) is 11.4 Å². The Morgan fingerprint density at radius 3 is 2.67 bits per heavy atom. The van der Waals surface area contributed by atoms with Gasteiger partial charge >= 0.3 is 0 Å². The Hall–Kier alpha value is -2.69. The third-order valence-corrected chi connectivity index (χ3v) is 3.24. The van der Waals surface area contributed by atoms with Crippen LogP contribution in [-0.4, -0.2) is 10.1 Å². The highest BCUT2D eigenvalue weighted by Crippen LogP contribution is 2.22. The summed E-state index contributed by atoms with van der Waals surface area (Å²) >= 11 is 0. The Morgan fingerprint density at radius 2 is 1.90 bits per heavy atom. The second kappa shape index (κ2) is 5.36. The SMILES string of the molecule is Cc1ccc(F)cc1-c1noc(Cc2ccc(N)cc2)n1. The van der Waals surface area contributed by atoms with Gasteiger partial charge in [0.05, 0.1) is 6.42 Å². The molecule has 106 valence electrons. The topological polar surface area (TPSA) is 64.9 Å². The molecule has 0 amide bonds. The standard InChI is InChI=1S/C16H14FN3O/c1-10-2-5-12(17)9-14(10)16-19-15(21-20-16)8-11-3-6-13(18)7-4-11/h2-7,9H,8,18H2,1H3. The van der Waals surface area contributed by atoms with E-state index in [-0.39, 0.29) is 5.82 Å². The molecule has 2 aromatic carbocycles. The maximum absolute atomic E-state index is 13.3. The molecule has 0 saturated heterocycles. The largest absolute Gasteiger partial charge is 0.399 e. The molecule has 0 atom stereocenters. The van der Waals surface area contributed by atoms with Gasteiger partial charge in [-0.25, -0.2) is 4.39 Å². The lowest BCUT2D eigenvalue weighted by atomic mass is 10.1. The van der Waals surface area contributed by atoms with Gasteiger partial charge in [0.25, 0.3) is 0 Å². The highest BCUT2D eigenvalue weighted by Gasteiger charge is 2.12. The summed E-state index contributed by atoms with van der Waals surface area (Å²) in [5, 5.41) is 3.92. The van der Waals surface area contributed by atoms with Gasteiger partial charge in [0.2, 0.25) is 11.7 Å². The van der Waals surface area contributed by atoms with Crippen LogP contribution in [0.5, 0.6) is 0 Å². The normalized spacial score (nSPS) is 10.8. The van der Waals surface area contributed by atoms with Crippen molar-refractivity contribution in [2.75, 3.05) is 5.73 Å². The van der Waals surface area contributed by atoms with Gasteiger partial charge in [0.1, 0.15) is 5.82 Å². The van der Waals surface area contributed by atoms with Gasteiger partial charge in [-0.1, -0.05) is 23.4 Å². The number of hydrogen-bond acceptors (Lipinski definition) is 4. The van der Waals surface area contributed by atoms with Gasteiger partial charge in [0, 0.05) is 11.3 Å². The molecule has 0 unspecified atom stereocenters. The van der Waals surface area contributed by atoms with E-state index in [1.54, 1.807) is 6.07 Å². The van der Waals surface area contributed by atoms with Crippen LogP contribution in [0.15, 0.2) is 47.0 Å². The molecule has 0 aliphatic heterocycles. The molecule has 0 fully saturated rings. The number of hydrogen-bond donors (Lipinski definition) is 1. The molecule has 1 heterocycles. The molecule has 0 aliphatic carbocycles. The minimum atomic E-state index is -0.319. The fourth-order valence-electron chi connectivity index (χ4n) is 2.08. The predicted molar refractivity (Wildman–Crippen MR) is 78.1 cm³/mol. The van der Waals surface area contributed by atoms with Crippen LogP contribution in [0, 0.1) is 12.7 Å². The summed E-state index contributed by atoms with van der Waals surface area (Å²) in [7, 11) is 0. The molecule has 2 N–H and O–H groups in total. The van der Waals surface area contributed by atoms with Gasteiger partial charge in [-0.2, -0.15) is 4.98 Å². The van der Waals surface area contributed by atoms with Crippen LogP contribution in [0.2, 0.25) is 0 Å². The van der Waals surface area contributed by atoms with E-state index in [9.17, 15) is 4.39 Å². The summed E-state index contributed by atoms with van der Waals surface area (Å²) in [6.07, 6.45) is 0.516. The van der Waals surface area contributed by atoms with Crippen molar-refractivity contribution < 1.29 is 8.91 Å². The van der Waals surface area contributed by atoms with Crippen LogP contribution in [0.25, 0.3) is 11.4 Å². The van der Waals surface area contributed by atoms with Gasteiger partial charge in [-0.3, -0.25) is 0 Å². The molecule has 0 bridgehead atoms. The lowest BCUT2D eigenvalue weighted by Gasteiger charge is -2.00. The number of nitrogens with two attached hydrogens (primary N) is 1. The van der Waals surface area contributed by atoms with Crippen molar-refractivity contribution in [3.05, 3.63) is 65.3 Å². The van der Waals surface area contributed by atoms with Crippen molar-refractivity contribution in [1.82, 2.24) is 10.1 Å².